The van der Waals surface area contributed by atoms with E-state index in [1.54, 1.807) is 54.6 Å². The Morgan fingerprint density at radius 3 is 2.19 bits per heavy atom. The van der Waals surface area contributed by atoms with Crippen molar-refractivity contribution in [1.82, 2.24) is 0 Å². The topological polar surface area (TPSA) is 73.6 Å². The summed E-state index contributed by atoms with van der Waals surface area (Å²) in [6.45, 7) is 0. The fraction of sp³-hybridized carbons (Fsp3) is 0.125. The summed E-state index contributed by atoms with van der Waals surface area (Å²) >= 11 is 0. The highest BCUT2D eigenvalue weighted by atomic mass is 19.1. The van der Waals surface area contributed by atoms with E-state index in [1.165, 1.54) is 23.3 Å². The lowest BCUT2D eigenvalue weighted by Crippen LogP contribution is -2.37. The average Bonchev–Trinajstić information content (AvgIpc) is 3.31. The zero-order valence-electron chi connectivity index (χ0n) is 16.2. The number of imide groups is 1. The Balaban J connectivity index is 1.59. The number of hydrogen-bond acceptors (Lipinski definition) is 5. The Morgan fingerprint density at radius 2 is 1.52 bits per heavy atom. The number of carbonyl (C=O) groups excluding carboxylic acids is 2. The fourth-order valence-electron chi connectivity index (χ4n) is 4.18. The standard InChI is InChI=1S/C24H16FN3O3/c25-19-9-5-4-8-18(19)21-20-22(31-28(21)17-6-2-1-3-7-17)24(30)27(23(20)29)16-12-10-15(14-26)11-13-16/h1-13,20-22H/t20-,21-,22+/m0/s1. The molecule has 3 aromatic carbocycles. The molecule has 2 aliphatic heterocycles. The first kappa shape index (κ1) is 19.0. The van der Waals surface area contributed by atoms with Gasteiger partial charge in [0.25, 0.3) is 5.91 Å². The van der Waals surface area contributed by atoms with Gasteiger partial charge >= 0.3 is 0 Å². The molecule has 0 aliphatic carbocycles. The summed E-state index contributed by atoms with van der Waals surface area (Å²) in [4.78, 5) is 33.7. The minimum atomic E-state index is -1.08. The van der Waals surface area contributed by atoms with Gasteiger partial charge in [0, 0.05) is 5.56 Å². The molecule has 6 nitrogen and oxygen atoms in total. The van der Waals surface area contributed by atoms with Crippen LogP contribution in [0.1, 0.15) is 17.2 Å². The first-order valence-corrected chi connectivity index (χ1v) is 9.73. The average molecular weight is 413 g/mol. The molecule has 0 unspecified atom stereocenters. The molecule has 0 bridgehead atoms. The van der Waals surface area contributed by atoms with Crippen LogP contribution in [0.25, 0.3) is 0 Å². The highest BCUT2D eigenvalue weighted by molar-refractivity contribution is 6.23. The van der Waals surface area contributed by atoms with Crippen molar-refractivity contribution in [2.24, 2.45) is 5.92 Å². The molecule has 3 aromatic rings. The second kappa shape index (κ2) is 7.35. The van der Waals surface area contributed by atoms with Crippen molar-refractivity contribution in [2.75, 3.05) is 9.96 Å². The van der Waals surface area contributed by atoms with Crippen LogP contribution in [0.15, 0.2) is 78.9 Å². The van der Waals surface area contributed by atoms with Crippen LogP contribution in [-0.2, 0) is 14.4 Å². The van der Waals surface area contributed by atoms with E-state index >= 15 is 0 Å². The van der Waals surface area contributed by atoms with Gasteiger partial charge in [-0.15, -0.1) is 0 Å². The second-order valence-corrected chi connectivity index (χ2v) is 7.35. The maximum Gasteiger partial charge on any atom is 0.266 e. The Labute approximate surface area is 177 Å². The van der Waals surface area contributed by atoms with Gasteiger partial charge in [0.05, 0.1) is 29.0 Å². The van der Waals surface area contributed by atoms with E-state index in [1.807, 2.05) is 12.1 Å². The molecule has 2 heterocycles. The molecule has 152 valence electrons. The monoisotopic (exact) mass is 413 g/mol. The lowest BCUT2D eigenvalue weighted by molar-refractivity contribution is -0.126. The van der Waals surface area contributed by atoms with Gasteiger partial charge in [-0.2, -0.15) is 5.26 Å². The van der Waals surface area contributed by atoms with Crippen molar-refractivity contribution < 1.29 is 18.8 Å². The van der Waals surface area contributed by atoms with E-state index in [0.717, 1.165) is 4.90 Å². The molecule has 0 saturated carbocycles. The van der Waals surface area contributed by atoms with Crippen LogP contribution < -0.4 is 9.96 Å². The molecule has 3 atom stereocenters. The van der Waals surface area contributed by atoms with E-state index < -0.39 is 35.7 Å². The van der Waals surface area contributed by atoms with Crippen molar-refractivity contribution in [3.63, 3.8) is 0 Å². The summed E-state index contributed by atoms with van der Waals surface area (Å²) in [7, 11) is 0. The lowest BCUT2D eigenvalue weighted by Gasteiger charge is -2.29. The predicted molar refractivity (Wildman–Crippen MR) is 110 cm³/mol. The fourth-order valence-corrected chi connectivity index (χ4v) is 4.18. The molecular formula is C24H16FN3O3. The number of rotatable bonds is 3. The number of anilines is 2. The number of benzene rings is 3. The van der Waals surface area contributed by atoms with E-state index in [0.29, 0.717) is 16.9 Å². The Morgan fingerprint density at radius 1 is 0.839 bits per heavy atom. The van der Waals surface area contributed by atoms with E-state index in [9.17, 15) is 14.0 Å². The van der Waals surface area contributed by atoms with Gasteiger partial charge in [0.15, 0.2) is 6.10 Å². The number of para-hydroxylation sites is 1. The largest absolute Gasteiger partial charge is 0.273 e. The first-order valence-electron chi connectivity index (χ1n) is 9.73. The molecule has 0 spiro atoms. The van der Waals surface area contributed by atoms with Gasteiger partial charge in [-0.1, -0.05) is 36.4 Å². The summed E-state index contributed by atoms with van der Waals surface area (Å²) < 4.78 is 14.8. The van der Waals surface area contributed by atoms with Crippen LogP contribution in [0.5, 0.6) is 0 Å². The molecule has 2 aliphatic rings. The SMILES string of the molecule is N#Cc1ccc(N2C(=O)[C@@H]3[C@@H](ON(c4ccccc4)[C@H]3c3ccccc3F)C2=O)cc1. The number of halogens is 1. The third kappa shape index (κ3) is 2.97. The minimum absolute atomic E-state index is 0.279. The number of hydroxylamine groups is 1. The molecule has 2 saturated heterocycles. The molecule has 31 heavy (non-hydrogen) atoms. The third-order valence-electron chi connectivity index (χ3n) is 5.60. The van der Waals surface area contributed by atoms with Gasteiger partial charge < -0.3 is 0 Å². The van der Waals surface area contributed by atoms with Crippen molar-refractivity contribution in [3.8, 4) is 6.07 Å². The van der Waals surface area contributed by atoms with Crippen molar-refractivity contribution >= 4 is 23.2 Å². The summed E-state index contributed by atoms with van der Waals surface area (Å²) in [5.41, 5.74) is 1.67. The van der Waals surface area contributed by atoms with Crippen LogP contribution in [0.2, 0.25) is 0 Å². The quantitative estimate of drug-likeness (QED) is 0.612. The normalized spacial score (nSPS) is 22.5. The number of nitrogens with zero attached hydrogens (tertiary/aromatic N) is 3. The van der Waals surface area contributed by atoms with Crippen LogP contribution in [0, 0.1) is 23.1 Å². The number of nitriles is 1. The van der Waals surface area contributed by atoms with Crippen molar-refractivity contribution in [2.45, 2.75) is 12.1 Å². The summed E-state index contributed by atoms with van der Waals surface area (Å²) in [5, 5.41) is 10.5. The number of carbonyl (C=O) groups is 2. The number of hydrogen-bond donors (Lipinski definition) is 0. The zero-order valence-corrected chi connectivity index (χ0v) is 16.2. The molecule has 5 rings (SSSR count). The van der Waals surface area contributed by atoms with Crippen LogP contribution in [-0.4, -0.2) is 17.9 Å². The summed E-state index contributed by atoms with van der Waals surface area (Å²) in [6.07, 6.45) is -1.08. The summed E-state index contributed by atoms with van der Waals surface area (Å²) in [5.74, 6) is -2.37. The second-order valence-electron chi connectivity index (χ2n) is 7.35. The highest BCUT2D eigenvalue weighted by Gasteiger charge is 2.60. The van der Waals surface area contributed by atoms with Gasteiger partial charge in [0.2, 0.25) is 5.91 Å². The lowest BCUT2D eigenvalue weighted by atomic mass is 9.90. The number of fused-ring (bicyclic) bond motifs is 1. The van der Waals surface area contributed by atoms with E-state index in [-0.39, 0.29) is 5.56 Å². The Kier molecular flexibility index (Phi) is 4.50. The molecular weight excluding hydrogens is 397 g/mol. The molecule has 7 heteroatoms. The van der Waals surface area contributed by atoms with Crippen LogP contribution in [0.3, 0.4) is 0 Å². The highest BCUT2D eigenvalue weighted by Crippen LogP contribution is 2.48. The maximum absolute atomic E-state index is 14.8. The van der Waals surface area contributed by atoms with Crippen LogP contribution in [0.4, 0.5) is 15.8 Å². The maximum atomic E-state index is 14.8. The van der Waals surface area contributed by atoms with Gasteiger partial charge in [-0.05, 0) is 42.5 Å². The minimum Gasteiger partial charge on any atom is -0.273 e. The van der Waals surface area contributed by atoms with E-state index in [4.69, 9.17) is 10.1 Å². The Bertz CT molecular complexity index is 1210. The third-order valence-corrected chi connectivity index (χ3v) is 5.60. The Hall–Kier alpha value is -4.02. The smallest absolute Gasteiger partial charge is 0.266 e. The zero-order chi connectivity index (χ0) is 21.5. The van der Waals surface area contributed by atoms with Crippen molar-refractivity contribution in [3.05, 3.63) is 95.8 Å². The molecule has 0 aromatic heterocycles. The van der Waals surface area contributed by atoms with E-state index in [2.05, 4.69) is 0 Å². The van der Waals surface area contributed by atoms with Gasteiger partial charge in [0.1, 0.15) is 11.7 Å². The molecule has 0 radical (unpaired) electrons. The molecule has 0 N–H and O–H groups in total. The van der Waals surface area contributed by atoms with Gasteiger partial charge in [-0.25, -0.2) is 14.4 Å². The van der Waals surface area contributed by atoms with Gasteiger partial charge in [-0.3, -0.25) is 14.4 Å². The summed E-state index contributed by atoms with van der Waals surface area (Å²) in [6, 6.07) is 22.5. The molecule has 2 fully saturated rings. The first-order chi connectivity index (χ1) is 15.1. The predicted octanol–water partition coefficient (Wildman–Crippen LogP) is 3.75. The van der Waals surface area contributed by atoms with Crippen LogP contribution >= 0.6 is 0 Å². The van der Waals surface area contributed by atoms with Crippen molar-refractivity contribution in [1.29, 1.82) is 5.26 Å². The number of amides is 2. The molecule has 2 amide bonds.